The van der Waals surface area contributed by atoms with Crippen LogP contribution in [-0.2, 0) is 19.1 Å². The number of fused-ring (bicyclic) bond motifs is 3. The Morgan fingerprint density at radius 2 is 1.22 bits per heavy atom. The highest BCUT2D eigenvalue weighted by molar-refractivity contribution is 6.73. The lowest BCUT2D eigenvalue weighted by atomic mass is 9.67. The van der Waals surface area contributed by atoms with E-state index in [0.717, 1.165) is 33.2 Å². The Labute approximate surface area is 157 Å². The van der Waals surface area contributed by atoms with Crippen molar-refractivity contribution in [3.8, 4) is 11.1 Å². The van der Waals surface area contributed by atoms with Crippen LogP contribution in [0, 0.1) is 0 Å². The average Bonchev–Trinajstić information content (AvgIpc) is 3.30. The van der Waals surface area contributed by atoms with Crippen molar-refractivity contribution in [1.82, 2.24) is 0 Å². The van der Waals surface area contributed by atoms with E-state index in [1.807, 2.05) is 12.1 Å². The van der Waals surface area contributed by atoms with Gasteiger partial charge in [-0.3, -0.25) is 0 Å². The number of carbonyl (C=O) groups is 2. The molecule has 2 saturated heterocycles. The molecule has 2 aromatic carbocycles. The molecule has 5 rings (SSSR count). The topological polar surface area (TPSA) is 52.6 Å². The fourth-order valence-corrected chi connectivity index (χ4v) is 3.95. The Kier molecular flexibility index (Phi) is 3.41. The van der Waals surface area contributed by atoms with Crippen LogP contribution in [0.1, 0.15) is 36.2 Å². The van der Waals surface area contributed by atoms with E-state index in [-0.39, 0.29) is 24.1 Å². The molecular weight excluding hydrogens is 339 g/mol. The van der Waals surface area contributed by atoms with Crippen LogP contribution in [0.3, 0.4) is 0 Å². The Morgan fingerprint density at radius 1 is 0.778 bits per heavy atom. The highest BCUT2D eigenvalue weighted by Gasteiger charge is 2.32. The molecule has 3 aliphatic rings. The summed E-state index contributed by atoms with van der Waals surface area (Å²) in [5.41, 5.74) is 7.49. The Balaban J connectivity index is 1.44. The van der Waals surface area contributed by atoms with Crippen LogP contribution in [0.25, 0.3) is 11.1 Å². The summed E-state index contributed by atoms with van der Waals surface area (Å²) in [5.74, 6) is -0.629. The molecule has 0 amide bonds. The lowest BCUT2D eigenvalue weighted by molar-refractivity contribution is -0.140. The summed E-state index contributed by atoms with van der Waals surface area (Å²) in [4.78, 5) is 23.2. The molecule has 2 fully saturated rings. The molecule has 0 aliphatic carbocycles. The van der Waals surface area contributed by atoms with Gasteiger partial charge in [-0.25, -0.2) is 9.59 Å². The summed E-state index contributed by atoms with van der Waals surface area (Å²) in [6.07, 6.45) is 0.552. The number of hydrogen-bond donors (Lipinski definition) is 0. The van der Waals surface area contributed by atoms with E-state index in [0.29, 0.717) is 24.0 Å². The molecule has 1 radical (unpaired) electrons. The van der Waals surface area contributed by atoms with E-state index in [2.05, 4.69) is 44.7 Å². The van der Waals surface area contributed by atoms with Gasteiger partial charge in [-0.15, -0.1) is 0 Å². The minimum absolute atomic E-state index is 0.258. The van der Waals surface area contributed by atoms with Gasteiger partial charge < -0.3 is 9.47 Å². The smallest absolute Gasteiger partial charge is 0.334 e. The summed E-state index contributed by atoms with van der Waals surface area (Å²) in [7, 11) is 2.12. The molecule has 3 heterocycles. The van der Waals surface area contributed by atoms with Gasteiger partial charge in [0.25, 0.3) is 0 Å². The van der Waals surface area contributed by atoms with Crippen LogP contribution in [0.2, 0.25) is 0 Å². The van der Waals surface area contributed by atoms with Crippen molar-refractivity contribution in [2.75, 3.05) is 0 Å². The van der Waals surface area contributed by atoms with Crippen molar-refractivity contribution in [2.24, 2.45) is 0 Å². The first-order chi connectivity index (χ1) is 13.0. The number of hydrogen-bond acceptors (Lipinski definition) is 4. The predicted molar refractivity (Wildman–Crippen MR) is 102 cm³/mol. The lowest BCUT2D eigenvalue weighted by Gasteiger charge is -2.12. The molecule has 0 bridgehead atoms. The highest BCUT2D eigenvalue weighted by atomic mass is 16.6. The number of rotatable bonds is 2. The Bertz CT molecular complexity index is 937. The molecule has 3 aliphatic heterocycles. The van der Waals surface area contributed by atoms with Gasteiger partial charge >= 0.3 is 11.9 Å². The summed E-state index contributed by atoms with van der Waals surface area (Å²) in [5, 5.41) is 0. The third-order valence-corrected chi connectivity index (χ3v) is 5.44. The van der Waals surface area contributed by atoms with Crippen molar-refractivity contribution < 1.29 is 19.1 Å². The normalized spacial score (nSPS) is 23.0. The van der Waals surface area contributed by atoms with Gasteiger partial charge in [-0.1, -0.05) is 60.5 Å². The zero-order valence-corrected chi connectivity index (χ0v) is 14.7. The molecule has 27 heavy (non-hydrogen) atoms. The van der Waals surface area contributed by atoms with Gasteiger partial charge in [-0.2, -0.15) is 0 Å². The van der Waals surface area contributed by atoms with Gasteiger partial charge in [0.2, 0.25) is 0 Å². The molecule has 2 aromatic rings. The van der Waals surface area contributed by atoms with Crippen molar-refractivity contribution >= 4 is 30.1 Å². The summed E-state index contributed by atoms with van der Waals surface area (Å²) in [6.45, 7) is 7.50. The van der Waals surface area contributed by atoms with E-state index >= 15 is 0 Å². The van der Waals surface area contributed by atoms with Crippen LogP contribution in [0.4, 0.5) is 0 Å². The van der Waals surface area contributed by atoms with E-state index in [9.17, 15) is 9.59 Å². The first-order valence-electron chi connectivity index (χ1n) is 8.90. The minimum Gasteiger partial charge on any atom is -0.454 e. The largest absolute Gasteiger partial charge is 0.454 e. The molecule has 131 valence electrons. The lowest BCUT2D eigenvalue weighted by Crippen LogP contribution is -2.22. The second kappa shape index (κ2) is 5.71. The fourth-order valence-electron chi connectivity index (χ4n) is 3.95. The first-order valence-corrected chi connectivity index (χ1v) is 8.90. The van der Waals surface area contributed by atoms with E-state index in [4.69, 9.17) is 9.47 Å². The third kappa shape index (κ3) is 2.54. The Morgan fingerprint density at radius 3 is 1.59 bits per heavy atom. The molecule has 5 heteroatoms. The summed E-state index contributed by atoms with van der Waals surface area (Å²) < 4.78 is 10.8. The average molecular weight is 355 g/mol. The Hall–Kier alpha value is -3.08. The first kappa shape index (κ1) is 16.1. The number of esters is 2. The summed E-state index contributed by atoms with van der Waals surface area (Å²) >= 11 is 0. The maximum Gasteiger partial charge on any atom is 0.334 e. The molecule has 0 N–H and O–H groups in total. The van der Waals surface area contributed by atoms with Crippen LogP contribution < -0.4 is 10.9 Å². The molecule has 2 atom stereocenters. The highest BCUT2D eigenvalue weighted by Crippen LogP contribution is 2.35. The zero-order chi connectivity index (χ0) is 18.7. The van der Waals surface area contributed by atoms with Gasteiger partial charge in [0.15, 0.2) is 7.28 Å². The standard InChI is InChI=1S/C22H16BO4/c1-11-7-19(26-21(11)24)13-3-5-15-16-6-4-14(10-18(16)23-17(15)9-13)20-8-12(2)22(25)27-20/h3-6,9-10,19-20H,1-2,7-8H2. The van der Waals surface area contributed by atoms with Gasteiger partial charge in [0, 0.05) is 24.0 Å². The number of cyclic esters (lactones) is 2. The minimum atomic E-state index is -0.315. The second-order valence-electron chi connectivity index (χ2n) is 7.24. The van der Waals surface area contributed by atoms with Crippen molar-refractivity contribution in [3.05, 3.63) is 71.8 Å². The molecular formula is C22H16BO4. The third-order valence-electron chi connectivity index (χ3n) is 5.44. The van der Waals surface area contributed by atoms with Gasteiger partial charge in [-0.05, 0) is 22.3 Å². The van der Waals surface area contributed by atoms with Crippen molar-refractivity contribution in [3.63, 3.8) is 0 Å². The van der Waals surface area contributed by atoms with Crippen molar-refractivity contribution in [1.29, 1.82) is 0 Å². The summed E-state index contributed by atoms with van der Waals surface area (Å²) in [6, 6.07) is 12.3. The molecule has 4 nitrogen and oxygen atoms in total. The SMILES string of the molecule is C=C1CC(c2ccc3c(c2)[B]c2cc(C4CC(=C)C(=O)O4)ccc2-3)OC1=O. The van der Waals surface area contributed by atoms with Gasteiger partial charge in [0.1, 0.15) is 12.2 Å². The maximum atomic E-state index is 11.6. The molecule has 0 aromatic heterocycles. The molecule has 0 spiro atoms. The van der Waals surface area contributed by atoms with Crippen LogP contribution in [0.5, 0.6) is 0 Å². The number of benzene rings is 2. The monoisotopic (exact) mass is 355 g/mol. The van der Waals surface area contributed by atoms with Crippen LogP contribution >= 0.6 is 0 Å². The van der Waals surface area contributed by atoms with E-state index in [1.54, 1.807) is 0 Å². The quantitative estimate of drug-likeness (QED) is 0.403. The fraction of sp³-hybridized carbons (Fsp3) is 0.182. The van der Waals surface area contributed by atoms with Crippen LogP contribution in [-0.4, -0.2) is 19.2 Å². The van der Waals surface area contributed by atoms with Crippen LogP contribution in [0.15, 0.2) is 60.7 Å². The van der Waals surface area contributed by atoms with Gasteiger partial charge in [0.05, 0.1) is 0 Å². The van der Waals surface area contributed by atoms with E-state index in [1.165, 1.54) is 0 Å². The molecule has 2 unspecified atom stereocenters. The second-order valence-corrected chi connectivity index (χ2v) is 7.24. The van der Waals surface area contributed by atoms with Crippen molar-refractivity contribution in [2.45, 2.75) is 25.0 Å². The maximum absolute atomic E-state index is 11.6. The zero-order valence-electron chi connectivity index (χ0n) is 14.7. The predicted octanol–water partition coefficient (Wildman–Crippen LogP) is 2.41. The number of carbonyl (C=O) groups excluding carboxylic acids is 2. The van der Waals surface area contributed by atoms with E-state index < -0.39 is 0 Å². The molecule has 0 saturated carbocycles. The number of ether oxygens (including phenoxy) is 2.